The predicted octanol–water partition coefficient (Wildman–Crippen LogP) is 4.72. The Hall–Kier alpha value is -3.33. The van der Waals surface area contributed by atoms with Crippen molar-refractivity contribution >= 4 is 44.7 Å². The van der Waals surface area contributed by atoms with Crippen LogP contribution in [0.1, 0.15) is 27.0 Å². The second-order valence-electron chi connectivity index (χ2n) is 7.63. The number of nitrogens with zero attached hydrogens (tertiary/aromatic N) is 1. The molecule has 7 nitrogen and oxygen atoms in total. The number of nitrogens with one attached hydrogen (secondary N) is 1. The number of ether oxygens (including phenoxy) is 2. The number of aryl methyl sites for hydroxylation is 1. The highest BCUT2D eigenvalue weighted by Crippen LogP contribution is 2.34. The number of aliphatic hydroxyl groups excluding tert-OH is 1. The highest BCUT2D eigenvalue weighted by molar-refractivity contribution is 7.17. The fourth-order valence-electron chi connectivity index (χ4n) is 3.39. The van der Waals surface area contributed by atoms with Crippen LogP contribution in [0.15, 0.2) is 54.0 Å². The summed E-state index contributed by atoms with van der Waals surface area (Å²) in [7, 11) is 0. The maximum absolute atomic E-state index is 12.4. The van der Waals surface area contributed by atoms with Crippen molar-refractivity contribution in [3.8, 4) is 11.5 Å². The molecule has 0 saturated heterocycles. The van der Waals surface area contributed by atoms with Gasteiger partial charge in [-0.05, 0) is 41.6 Å². The highest BCUT2D eigenvalue weighted by Gasteiger charge is 2.17. The number of aromatic nitrogens is 1. The highest BCUT2D eigenvalue weighted by atomic mass is 35.5. The quantitative estimate of drug-likeness (QED) is 0.309. The van der Waals surface area contributed by atoms with Crippen LogP contribution < -0.4 is 20.5 Å². The standard InChI is InChI=1S/C25H24ClN3O4S/c1-15-2-7-19(32-12-16-3-5-18(26)6-4-16)10-21(15)33-13-17-14-34-23-20(25(31)28-8-9-30)11-29-24(27)22(17)23/h2-7,10-11,14,30H,8-9,12-13H2,1H3,(H2,27,29)(H,28,31). The van der Waals surface area contributed by atoms with E-state index in [1.165, 1.54) is 17.5 Å². The van der Waals surface area contributed by atoms with E-state index in [9.17, 15) is 4.79 Å². The van der Waals surface area contributed by atoms with Gasteiger partial charge in [-0.3, -0.25) is 4.79 Å². The largest absolute Gasteiger partial charge is 0.489 e. The van der Waals surface area contributed by atoms with Crippen molar-refractivity contribution < 1.29 is 19.4 Å². The molecule has 0 radical (unpaired) electrons. The van der Waals surface area contributed by atoms with Gasteiger partial charge in [0.2, 0.25) is 0 Å². The second kappa shape index (κ2) is 10.7. The summed E-state index contributed by atoms with van der Waals surface area (Å²) in [6, 6.07) is 13.2. The molecule has 0 atom stereocenters. The summed E-state index contributed by atoms with van der Waals surface area (Å²) in [5.41, 5.74) is 9.38. The summed E-state index contributed by atoms with van der Waals surface area (Å²) in [6.07, 6.45) is 1.46. The topological polar surface area (TPSA) is 107 Å². The van der Waals surface area contributed by atoms with Crippen LogP contribution in [0.4, 0.5) is 5.82 Å². The molecule has 4 rings (SSSR count). The molecule has 1 amide bonds. The Morgan fingerprint density at radius 1 is 1.18 bits per heavy atom. The maximum Gasteiger partial charge on any atom is 0.254 e. The summed E-state index contributed by atoms with van der Waals surface area (Å²) in [4.78, 5) is 16.6. The molecule has 2 heterocycles. The first-order valence-electron chi connectivity index (χ1n) is 10.6. The molecule has 0 unspecified atom stereocenters. The lowest BCUT2D eigenvalue weighted by Crippen LogP contribution is -2.26. The van der Waals surface area contributed by atoms with Gasteiger partial charge < -0.3 is 25.6 Å². The van der Waals surface area contributed by atoms with Crippen LogP contribution in [0.3, 0.4) is 0 Å². The molecule has 176 valence electrons. The lowest BCUT2D eigenvalue weighted by molar-refractivity contribution is 0.0946. The van der Waals surface area contributed by atoms with Gasteiger partial charge in [0.1, 0.15) is 30.5 Å². The number of thiophene rings is 1. The number of nitrogens with two attached hydrogens (primary N) is 1. The first-order chi connectivity index (χ1) is 16.5. The number of carbonyl (C=O) groups excluding carboxylic acids is 1. The van der Waals surface area contributed by atoms with Crippen LogP contribution in [-0.4, -0.2) is 29.1 Å². The second-order valence-corrected chi connectivity index (χ2v) is 8.95. The summed E-state index contributed by atoms with van der Waals surface area (Å²) >= 11 is 7.35. The fraction of sp³-hybridized carbons (Fsp3) is 0.200. The Labute approximate surface area is 206 Å². The smallest absolute Gasteiger partial charge is 0.254 e. The van der Waals surface area contributed by atoms with Gasteiger partial charge >= 0.3 is 0 Å². The van der Waals surface area contributed by atoms with Crippen LogP contribution in [-0.2, 0) is 13.2 Å². The van der Waals surface area contributed by atoms with Crippen molar-refractivity contribution in [2.24, 2.45) is 0 Å². The third-order valence-corrected chi connectivity index (χ3v) is 6.52. The molecule has 0 spiro atoms. The summed E-state index contributed by atoms with van der Waals surface area (Å²) in [5, 5.41) is 14.9. The average Bonchev–Trinajstić information content (AvgIpc) is 3.27. The summed E-state index contributed by atoms with van der Waals surface area (Å²) in [5.74, 6) is 1.42. The molecule has 9 heteroatoms. The molecule has 34 heavy (non-hydrogen) atoms. The lowest BCUT2D eigenvalue weighted by atomic mass is 10.1. The molecule has 0 aliphatic rings. The van der Waals surface area contributed by atoms with Crippen LogP contribution in [0.25, 0.3) is 10.1 Å². The van der Waals surface area contributed by atoms with Crippen molar-refractivity contribution in [1.82, 2.24) is 10.3 Å². The number of hydrogen-bond acceptors (Lipinski definition) is 7. The SMILES string of the molecule is Cc1ccc(OCc2ccc(Cl)cc2)cc1OCc1csc2c(C(=O)NCCO)cnc(N)c12. The van der Waals surface area contributed by atoms with Gasteiger partial charge in [-0.2, -0.15) is 0 Å². The molecule has 2 aromatic carbocycles. The number of amides is 1. The average molecular weight is 498 g/mol. The molecule has 0 bridgehead atoms. The van der Waals surface area contributed by atoms with E-state index in [-0.39, 0.29) is 25.7 Å². The first-order valence-corrected chi connectivity index (χ1v) is 11.9. The van der Waals surface area contributed by atoms with E-state index in [0.717, 1.165) is 21.4 Å². The van der Waals surface area contributed by atoms with Gasteiger partial charge in [0.05, 0.1) is 16.9 Å². The van der Waals surface area contributed by atoms with Crippen molar-refractivity contribution in [3.05, 3.63) is 81.3 Å². The van der Waals surface area contributed by atoms with Crippen molar-refractivity contribution in [3.63, 3.8) is 0 Å². The molecule has 0 fully saturated rings. The number of aliphatic hydroxyl groups is 1. The number of benzene rings is 2. The molecule has 0 saturated carbocycles. The molecule has 4 aromatic rings. The minimum Gasteiger partial charge on any atom is -0.489 e. The molecular formula is C25H24ClN3O4S. The monoisotopic (exact) mass is 497 g/mol. The molecular weight excluding hydrogens is 474 g/mol. The van der Waals surface area contributed by atoms with E-state index in [1.54, 1.807) is 0 Å². The van der Waals surface area contributed by atoms with E-state index in [2.05, 4.69) is 10.3 Å². The fourth-order valence-corrected chi connectivity index (χ4v) is 4.59. The van der Waals surface area contributed by atoms with Gasteiger partial charge in [0, 0.05) is 34.8 Å². The Balaban J connectivity index is 1.49. The third kappa shape index (κ3) is 5.41. The maximum atomic E-state index is 12.4. The van der Waals surface area contributed by atoms with E-state index in [0.29, 0.717) is 39.9 Å². The van der Waals surface area contributed by atoms with Crippen LogP contribution in [0, 0.1) is 6.92 Å². The van der Waals surface area contributed by atoms with E-state index >= 15 is 0 Å². The Morgan fingerprint density at radius 3 is 2.74 bits per heavy atom. The first kappa shape index (κ1) is 23.8. The molecule has 4 N–H and O–H groups in total. The van der Waals surface area contributed by atoms with Gasteiger partial charge in [0.25, 0.3) is 5.91 Å². The van der Waals surface area contributed by atoms with Crippen LogP contribution in [0.2, 0.25) is 5.02 Å². The van der Waals surface area contributed by atoms with Crippen LogP contribution in [0.5, 0.6) is 11.5 Å². The van der Waals surface area contributed by atoms with Gasteiger partial charge in [-0.15, -0.1) is 11.3 Å². The Bertz CT molecular complexity index is 1310. The lowest BCUT2D eigenvalue weighted by Gasteiger charge is -2.12. The zero-order valence-electron chi connectivity index (χ0n) is 18.5. The number of halogens is 1. The van der Waals surface area contributed by atoms with Crippen molar-refractivity contribution in [1.29, 1.82) is 0 Å². The molecule has 0 aliphatic heterocycles. The zero-order valence-corrected chi connectivity index (χ0v) is 20.1. The number of hydrogen-bond donors (Lipinski definition) is 3. The van der Waals surface area contributed by atoms with E-state index in [1.807, 2.05) is 54.8 Å². The normalized spacial score (nSPS) is 10.9. The van der Waals surface area contributed by atoms with Gasteiger partial charge in [-0.1, -0.05) is 29.8 Å². The number of rotatable bonds is 9. The van der Waals surface area contributed by atoms with Gasteiger partial charge in [0.15, 0.2) is 0 Å². The number of pyridine rings is 1. The third-order valence-electron chi connectivity index (χ3n) is 5.20. The van der Waals surface area contributed by atoms with E-state index in [4.69, 9.17) is 31.9 Å². The number of nitrogen functional groups attached to an aromatic ring is 1. The molecule has 0 aliphatic carbocycles. The zero-order chi connectivity index (χ0) is 24.1. The summed E-state index contributed by atoms with van der Waals surface area (Å²) < 4.78 is 12.8. The van der Waals surface area contributed by atoms with Crippen molar-refractivity contribution in [2.75, 3.05) is 18.9 Å². The Morgan fingerprint density at radius 2 is 1.97 bits per heavy atom. The van der Waals surface area contributed by atoms with E-state index < -0.39 is 0 Å². The number of carbonyl (C=O) groups is 1. The number of anilines is 1. The molecule has 2 aromatic heterocycles. The number of fused-ring (bicyclic) bond motifs is 1. The minimum absolute atomic E-state index is 0.136. The predicted molar refractivity (Wildman–Crippen MR) is 135 cm³/mol. The van der Waals surface area contributed by atoms with Crippen molar-refractivity contribution in [2.45, 2.75) is 20.1 Å². The Kier molecular flexibility index (Phi) is 7.52. The van der Waals surface area contributed by atoms with Crippen LogP contribution >= 0.6 is 22.9 Å². The van der Waals surface area contributed by atoms with Gasteiger partial charge in [-0.25, -0.2) is 4.98 Å². The minimum atomic E-state index is -0.303. The summed E-state index contributed by atoms with van der Waals surface area (Å²) in [6.45, 7) is 2.67.